The van der Waals surface area contributed by atoms with Gasteiger partial charge in [-0.15, -0.1) is 11.3 Å². The van der Waals surface area contributed by atoms with Crippen LogP contribution in [0.2, 0.25) is 5.02 Å². The first-order valence-electron chi connectivity index (χ1n) is 8.63. The highest BCUT2D eigenvalue weighted by atomic mass is 35.5. The summed E-state index contributed by atoms with van der Waals surface area (Å²) in [6.07, 6.45) is 6.91. The summed E-state index contributed by atoms with van der Waals surface area (Å²) in [4.78, 5) is 41.7. The summed E-state index contributed by atoms with van der Waals surface area (Å²) in [7, 11) is 0. The Kier molecular flexibility index (Phi) is 6.41. The van der Waals surface area contributed by atoms with Crippen LogP contribution in [0.5, 0.6) is 0 Å². The van der Waals surface area contributed by atoms with E-state index < -0.39 is 11.8 Å². The molecule has 0 saturated carbocycles. The fraction of sp³-hybridized carbons (Fsp3) is 0.333. The van der Waals surface area contributed by atoms with Gasteiger partial charge in [-0.1, -0.05) is 18.0 Å². The number of nitrogens with one attached hydrogen (secondary N) is 3. The van der Waals surface area contributed by atoms with Crippen molar-refractivity contribution in [2.75, 3.05) is 6.54 Å². The molecule has 0 atom stereocenters. The highest BCUT2D eigenvalue weighted by Gasteiger charge is 2.17. The molecule has 0 aliphatic heterocycles. The molecule has 0 bridgehead atoms. The molecule has 0 fully saturated rings. The van der Waals surface area contributed by atoms with Crippen molar-refractivity contribution in [2.24, 2.45) is 0 Å². The van der Waals surface area contributed by atoms with E-state index in [4.69, 9.17) is 11.6 Å². The molecule has 9 heteroatoms. The highest BCUT2D eigenvalue weighted by molar-refractivity contribution is 7.14. The predicted octanol–water partition coefficient (Wildman–Crippen LogP) is 2.26. The summed E-state index contributed by atoms with van der Waals surface area (Å²) in [5.41, 5.74) is 6.02. The largest absolute Gasteiger partial charge is 0.342 e. The van der Waals surface area contributed by atoms with E-state index in [0.29, 0.717) is 9.90 Å². The number of rotatable bonds is 4. The van der Waals surface area contributed by atoms with Gasteiger partial charge in [0.25, 0.3) is 17.7 Å². The molecule has 1 aliphatic rings. The molecule has 3 N–H and O–H groups in total. The topological polar surface area (TPSA) is 100 Å². The summed E-state index contributed by atoms with van der Waals surface area (Å²) in [5, 5.41) is 2.79. The number of halogens is 1. The van der Waals surface area contributed by atoms with Crippen LogP contribution in [0, 0.1) is 0 Å². The summed E-state index contributed by atoms with van der Waals surface area (Å²) in [6.45, 7) is -0.297. The third-order valence-electron chi connectivity index (χ3n) is 4.15. The Hall–Kier alpha value is -2.45. The molecular formula is C18H19ClN4O3S. The molecule has 0 saturated heterocycles. The second-order valence-electron chi connectivity index (χ2n) is 6.16. The van der Waals surface area contributed by atoms with Gasteiger partial charge in [0.15, 0.2) is 0 Å². The Morgan fingerprint density at radius 2 is 1.89 bits per heavy atom. The second-order valence-corrected chi connectivity index (χ2v) is 7.74. The van der Waals surface area contributed by atoms with E-state index in [1.54, 1.807) is 6.07 Å². The van der Waals surface area contributed by atoms with Crippen LogP contribution in [0.15, 0.2) is 24.4 Å². The lowest BCUT2D eigenvalue weighted by Gasteiger charge is -2.07. The van der Waals surface area contributed by atoms with Crippen LogP contribution in [0.1, 0.15) is 49.9 Å². The number of thiophene rings is 1. The smallest absolute Gasteiger partial charge is 0.279 e. The van der Waals surface area contributed by atoms with E-state index in [1.165, 1.54) is 40.5 Å². The fourth-order valence-corrected chi connectivity index (χ4v) is 4.10. The van der Waals surface area contributed by atoms with Gasteiger partial charge in [0.1, 0.15) is 5.69 Å². The molecular weight excluding hydrogens is 388 g/mol. The Morgan fingerprint density at radius 3 is 2.70 bits per heavy atom. The second kappa shape index (κ2) is 8.96. The molecule has 27 heavy (non-hydrogen) atoms. The van der Waals surface area contributed by atoms with Crippen LogP contribution in [0.4, 0.5) is 0 Å². The van der Waals surface area contributed by atoms with Gasteiger partial charge >= 0.3 is 0 Å². The maximum absolute atomic E-state index is 12.2. The molecule has 0 aromatic carbocycles. The van der Waals surface area contributed by atoms with Gasteiger partial charge in [0.05, 0.1) is 11.4 Å². The summed E-state index contributed by atoms with van der Waals surface area (Å²) in [6, 6.07) is 4.85. The van der Waals surface area contributed by atoms with Crippen LogP contribution in [-0.2, 0) is 17.6 Å². The van der Waals surface area contributed by atoms with Crippen molar-refractivity contribution < 1.29 is 14.4 Å². The molecule has 2 aromatic heterocycles. The van der Waals surface area contributed by atoms with Crippen LogP contribution in [0.25, 0.3) is 0 Å². The first kappa shape index (κ1) is 19.3. The number of carbonyl (C=O) groups excluding carboxylic acids is 3. The molecule has 7 nitrogen and oxygen atoms in total. The molecule has 1 aliphatic carbocycles. The Balaban J connectivity index is 1.46. The van der Waals surface area contributed by atoms with Crippen molar-refractivity contribution in [3.05, 3.63) is 50.4 Å². The molecule has 0 radical (unpaired) electrons. The maximum Gasteiger partial charge on any atom is 0.279 e. The van der Waals surface area contributed by atoms with E-state index in [-0.39, 0.29) is 18.1 Å². The molecule has 0 unspecified atom stereocenters. The van der Waals surface area contributed by atoms with Crippen LogP contribution in [-0.4, -0.2) is 29.3 Å². The number of amides is 3. The number of aromatic nitrogens is 1. The van der Waals surface area contributed by atoms with Gasteiger partial charge in [-0.05, 0) is 49.4 Å². The van der Waals surface area contributed by atoms with E-state index in [2.05, 4.69) is 21.2 Å². The summed E-state index contributed by atoms with van der Waals surface area (Å²) < 4.78 is 0. The number of fused-ring (bicyclic) bond motifs is 1. The molecule has 142 valence electrons. The standard InChI is InChI=1S/C18H19ClN4O3S/c19-12-6-7-20-13(9-12)17(25)21-10-16(24)22-23-18(26)15-8-11-4-2-1-3-5-14(11)27-15/h6-9H,1-5,10H2,(H,21,25)(H,22,24)(H,23,26). The SMILES string of the molecule is O=C(CNC(=O)c1cc(Cl)ccn1)NNC(=O)c1cc2c(s1)CCCCC2. The molecule has 3 amide bonds. The monoisotopic (exact) mass is 406 g/mol. The van der Waals surface area contributed by atoms with Crippen molar-refractivity contribution in [2.45, 2.75) is 32.1 Å². The van der Waals surface area contributed by atoms with E-state index in [9.17, 15) is 14.4 Å². The number of aryl methyl sites for hydroxylation is 2. The van der Waals surface area contributed by atoms with Crippen LogP contribution < -0.4 is 16.2 Å². The van der Waals surface area contributed by atoms with Gasteiger partial charge in [0.2, 0.25) is 0 Å². The van der Waals surface area contributed by atoms with Crippen molar-refractivity contribution >= 4 is 40.7 Å². The zero-order chi connectivity index (χ0) is 19.2. The Morgan fingerprint density at radius 1 is 1.07 bits per heavy atom. The lowest BCUT2D eigenvalue weighted by Crippen LogP contribution is -2.46. The average molecular weight is 407 g/mol. The quantitative estimate of drug-likeness (QED) is 0.535. The molecule has 2 heterocycles. The van der Waals surface area contributed by atoms with Crippen molar-refractivity contribution in [1.82, 2.24) is 21.2 Å². The Bertz CT molecular complexity index is 845. The highest BCUT2D eigenvalue weighted by Crippen LogP contribution is 2.28. The predicted molar refractivity (Wildman–Crippen MR) is 103 cm³/mol. The minimum absolute atomic E-state index is 0.111. The number of hydrogen-bond donors (Lipinski definition) is 3. The normalized spacial score (nSPS) is 13.2. The molecule has 2 aromatic rings. The van der Waals surface area contributed by atoms with Crippen molar-refractivity contribution in [3.63, 3.8) is 0 Å². The summed E-state index contributed by atoms with van der Waals surface area (Å²) >= 11 is 7.27. The minimum atomic E-state index is -0.545. The third kappa shape index (κ3) is 5.27. The van der Waals surface area contributed by atoms with Gasteiger partial charge < -0.3 is 5.32 Å². The van der Waals surface area contributed by atoms with E-state index in [1.807, 2.05) is 6.07 Å². The van der Waals surface area contributed by atoms with Gasteiger partial charge in [-0.2, -0.15) is 0 Å². The average Bonchev–Trinajstić information content (AvgIpc) is 2.94. The Labute approximate surface area is 165 Å². The maximum atomic E-state index is 12.2. The fourth-order valence-electron chi connectivity index (χ4n) is 2.79. The van der Waals surface area contributed by atoms with E-state index in [0.717, 1.165) is 25.7 Å². The van der Waals surface area contributed by atoms with E-state index >= 15 is 0 Å². The first-order chi connectivity index (χ1) is 13.0. The zero-order valence-electron chi connectivity index (χ0n) is 14.5. The van der Waals surface area contributed by atoms with Crippen LogP contribution in [0.3, 0.4) is 0 Å². The minimum Gasteiger partial charge on any atom is -0.342 e. The number of hydrogen-bond acceptors (Lipinski definition) is 5. The molecule has 0 spiro atoms. The first-order valence-corrected chi connectivity index (χ1v) is 9.83. The number of pyridine rings is 1. The third-order valence-corrected chi connectivity index (χ3v) is 5.62. The lowest BCUT2D eigenvalue weighted by molar-refractivity contribution is -0.120. The lowest BCUT2D eigenvalue weighted by atomic mass is 10.1. The van der Waals surface area contributed by atoms with Crippen molar-refractivity contribution in [1.29, 1.82) is 0 Å². The van der Waals surface area contributed by atoms with Gasteiger partial charge in [-0.3, -0.25) is 30.2 Å². The van der Waals surface area contributed by atoms with Crippen LogP contribution >= 0.6 is 22.9 Å². The van der Waals surface area contributed by atoms with Gasteiger partial charge in [0, 0.05) is 16.1 Å². The zero-order valence-corrected chi connectivity index (χ0v) is 16.1. The van der Waals surface area contributed by atoms with Crippen molar-refractivity contribution in [3.8, 4) is 0 Å². The number of hydrazine groups is 1. The molecule has 3 rings (SSSR count). The summed E-state index contributed by atoms with van der Waals surface area (Å²) in [5.74, 6) is -1.43. The number of carbonyl (C=O) groups is 3. The van der Waals surface area contributed by atoms with Gasteiger partial charge in [-0.25, -0.2) is 0 Å². The number of nitrogens with zero attached hydrogens (tertiary/aromatic N) is 1.